The number of para-hydroxylation sites is 1. The van der Waals surface area contributed by atoms with Gasteiger partial charge in [0.2, 0.25) is 0 Å². The van der Waals surface area contributed by atoms with E-state index in [4.69, 9.17) is 6.42 Å². The van der Waals surface area contributed by atoms with Crippen molar-refractivity contribution in [3.05, 3.63) is 48.3 Å². The Morgan fingerprint density at radius 2 is 2.11 bits per heavy atom. The number of hydrogen-bond acceptors (Lipinski definition) is 2. The third kappa shape index (κ3) is 2.86. The lowest BCUT2D eigenvalue weighted by atomic mass is 10.1. The molecular formula is C15H14N2O. The molecule has 2 aromatic rings. The molecule has 0 saturated carbocycles. The maximum atomic E-state index is 11.8. The van der Waals surface area contributed by atoms with E-state index in [0.717, 1.165) is 12.1 Å². The molecule has 0 aliphatic rings. The Bertz CT molecular complexity index is 564. The molecule has 3 nitrogen and oxygen atoms in total. The Balaban J connectivity index is 2.07. The van der Waals surface area contributed by atoms with Gasteiger partial charge in [-0.05, 0) is 18.6 Å². The van der Waals surface area contributed by atoms with Gasteiger partial charge in [0.1, 0.15) is 0 Å². The number of aromatic nitrogens is 2. The lowest BCUT2D eigenvalue weighted by Gasteiger charge is -1.99. The van der Waals surface area contributed by atoms with Crippen LogP contribution in [0.15, 0.2) is 42.7 Å². The van der Waals surface area contributed by atoms with Crippen LogP contribution in [0.3, 0.4) is 0 Å². The molecule has 0 unspecified atom stereocenters. The molecule has 0 aliphatic carbocycles. The number of hydrogen-bond donors (Lipinski definition) is 0. The molecular weight excluding hydrogens is 224 g/mol. The summed E-state index contributed by atoms with van der Waals surface area (Å²) in [6, 6.07) is 9.70. The molecule has 2 rings (SSSR count). The smallest absolute Gasteiger partial charge is 0.166 e. The van der Waals surface area contributed by atoms with Gasteiger partial charge in [-0.3, -0.25) is 4.79 Å². The molecule has 0 aliphatic heterocycles. The first-order valence-corrected chi connectivity index (χ1v) is 5.88. The molecule has 18 heavy (non-hydrogen) atoms. The third-order valence-corrected chi connectivity index (χ3v) is 2.65. The van der Waals surface area contributed by atoms with Crippen LogP contribution in [0.25, 0.3) is 5.69 Å². The van der Waals surface area contributed by atoms with Gasteiger partial charge in [-0.25, -0.2) is 4.68 Å². The quantitative estimate of drug-likeness (QED) is 0.456. The molecule has 0 spiro atoms. The van der Waals surface area contributed by atoms with E-state index >= 15 is 0 Å². The van der Waals surface area contributed by atoms with E-state index in [1.165, 1.54) is 0 Å². The van der Waals surface area contributed by atoms with E-state index < -0.39 is 0 Å². The van der Waals surface area contributed by atoms with Gasteiger partial charge in [-0.15, -0.1) is 12.3 Å². The average Bonchev–Trinajstić information content (AvgIpc) is 2.89. The van der Waals surface area contributed by atoms with Crippen LogP contribution in [0.5, 0.6) is 0 Å². The summed E-state index contributed by atoms with van der Waals surface area (Å²) in [7, 11) is 0. The molecule has 1 aromatic heterocycles. The number of nitrogens with zero attached hydrogens (tertiary/aromatic N) is 2. The number of Topliss-reactive ketones (excluding diaryl/α,β-unsaturated/α-hetero) is 1. The topological polar surface area (TPSA) is 34.9 Å². The van der Waals surface area contributed by atoms with E-state index in [2.05, 4.69) is 11.0 Å². The predicted octanol–water partition coefficient (Wildman–Crippen LogP) is 2.86. The van der Waals surface area contributed by atoms with Crippen molar-refractivity contribution >= 4 is 5.78 Å². The fraction of sp³-hybridized carbons (Fsp3) is 0.200. The fourth-order valence-electron chi connectivity index (χ4n) is 1.68. The zero-order valence-electron chi connectivity index (χ0n) is 10.0. The summed E-state index contributed by atoms with van der Waals surface area (Å²) >= 11 is 0. The molecule has 0 atom stereocenters. The molecule has 3 heteroatoms. The van der Waals surface area contributed by atoms with Crippen molar-refractivity contribution in [3.63, 3.8) is 0 Å². The predicted molar refractivity (Wildman–Crippen MR) is 70.6 cm³/mol. The van der Waals surface area contributed by atoms with Crippen LogP contribution < -0.4 is 0 Å². The van der Waals surface area contributed by atoms with Crippen molar-refractivity contribution in [1.29, 1.82) is 0 Å². The average molecular weight is 238 g/mol. The molecule has 1 heterocycles. The van der Waals surface area contributed by atoms with E-state index in [1.807, 2.05) is 30.3 Å². The van der Waals surface area contributed by atoms with Crippen molar-refractivity contribution in [2.75, 3.05) is 0 Å². The number of carbonyl (C=O) groups is 1. The summed E-state index contributed by atoms with van der Waals surface area (Å²) in [5, 5.41) is 4.19. The molecule has 0 amide bonds. The Morgan fingerprint density at radius 1 is 1.33 bits per heavy atom. The highest BCUT2D eigenvalue weighted by Gasteiger charge is 2.08. The SMILES string of the molecule is C#CCCCC(=O)c1cnn(-c2ccccc2)c1. The zero-order valence-corrected chi connectivity index (χ0v) is 10.0. The van der Waals surface area contributed by atoms with Gasteiger partial charge in [-0.1, -0.05) is 18.2 Å². The molecule has 0 bridgehead atoms. The molecule has 0 N–H and O–H groups in total. The lowest BCUT2D eigenvalue weighted by molar-refractivity contribution is 0.0980. The number of carbonyl (C=O) groups excluding carboxylic acids is 1. The number of rotatable bonds is 5. The summed E-state index contributed by atoms with van der Waals surface area (Å²) in [6.45, 7) is 0. The summed E-state index contributed by atoms with van der Waals surface area (Å²) in [6.07, 6.45) is 10.4. The van der Waals surface area contributed by atoms with Crippen LogP contribution in [-0.4, -0.2) is 15.6 Å². The summed E-state index contributed by atoms with van der Waals surface area (Å²) in [5.41, 5.74) is 1.58. The highest BCUT2D eigenvalue weighted by atomic mass is 16.1. The van der Waals surface area contributed by atoms with E-state index in [0.29, 0.717) is 18.4 Å². The van der Waals surface area contributed by atoms with Crippen LogP contribution in [0, 0.1) is 12.3 Å². The van der Waals surface area contributed by atoms with Crippen molar-refractivity contribution in [3.8, 4) is 18.0 Å². The van der Waals surface area contributed by atoms with E-state index in [-0.39, 0.29) is 5.78 Å². The molecule has 0 saturated heterocycles. The van der Waals surface area contributed by atoms with Crippen molar-refractivity contribution in [2.45, 2.75) is 19.3 Å². The fourth-order valence-corrected chi connectivity index (χ4v) is 1.68. The number of benzene rings is 1. The highest BCUT2D eigenvalue weighted by Crippen LogP contribution is 2.10. The van der Waals surface area contributed by atoms with Crippen molar-refractivity contribution in [1.82, 2.24) is 9.78 Å². The molecule has 1 aromatic carbocycles. The summed E-state index contributed by atoms with van der Waals surface area (Å²) < 4.78 is 1.70. The van der Waals surface area contributed by atoms with Gasteiger partial charge in [-0.2, -0.15) is 5.10 Å². The zero-order chi connectivity index (χ0) is 12.8. The lowest BCUT2D eigenvalue weighted by Crippen LogP contribution is -1.97. The minimum atomic E-state index is 0.0902. The molecule has 90 valence electrons. The van der Waals surface area contributed by atoms with Crippen LogP contribution in [-0.2, 0) is 0 Å². The molecule has 0 radical (unpaired) electrons. The number of terminal acetylenes is 1. The van der Waals surface area contributed by atoms with Crippen LogP contribution in [0.1, 0.15) is 29.6 Å². The first-order valence-electron chi connectivity index (χ1n) is 5.88. The Morgan fingerprint density at radius 3 is 2.83 bits per heavy atom. The second-order valence-corrected chi connectivity index (χ2v) is 3.99. The van der Waals surface area contributed by atoms with Crippen LogP contribution in [0.4, 0.5) is 0 Å². The minimum Gasteiger partial charge on any atom is -0.294 e. The van der Waals surface area contributed by atoms with Gasteiger partial charge < -0.3 is 0 Å². The van der Waals surface area contributed by atoms with Gasteiger partial charge in [0, 0.05) is 19.0 Å². The van der Waals surface area contributed by atoms with Gasteiger partial charge in [0.15, 0.2) is 5.78 Å². The van der Waals surface area contributed by atoms with Gasteiger partial charge >= 0.3 is 0 Å². The number of unbranched alkanes of at least 4 members (excludes halogenated alkanes) is 1. The van der Waals surface area contributed by atoms with E-state index in [9.17, 15) is 4.79 Å². The monoisotopic (exact) mass is 238 g/mol. The Kier molecular flexibility index (Phi) is 3.93. The normalized spacial score (nSPS) is 9.94. The van der Waals surface area contributed by atoms with Crippen molar-refractivity contribution in [2.24, 2.45) is 0 Å². The van der Waals surface area contributed by atoms with Gasteiger partial charge in [0.05, 0.1) is 17.4 Å². The second-order valence-electron chi connectivity index (χ2n) is 3.99. The maximum absolute atomic E-state index is 11.8. The number of ketones is 1. The van der Waals surface area contributed by atoms with Crippen molar-refractivity contribution < 1.29 is 4.79 Å². The Labute approximate surface area is 106 Å². The Hall–Kier alpha value is -2.34. The largest absolute Gasteiger partial charge is 0.294 e. The minimum absolute atomic E-state index is 0.0902. The first-order chi connectivity index (χ1) is 8.81. The molecule has 0 fully saturated rings. The van der Waals surface area contributed by atoms with Gasteiger partial charge in [0.25, 0.3) is 0 Å². The van der Waals surface area contributed by atoms with E-state index in [1.54, 1.807) is 17.1 Å². The third-order valence-electron chi connectivity index (χ3n) is 2.65. The summed E-state index contributed by atoms with van der Waals surface area (Å²) in [4.78, 5) is 11.8. The maximum Gasteiger partial charge on any atom is 0.166 e. The second kappa shape index (κ2) is 5.83. The van der Waals surface area contributed by atoms with Crippen LogP contribution >= 0.6 is 0 Å². The standard InChI is InChI=1S/C15H14N2O/c1-2-3-5-10-15(18)13-11-16-17(12-13)14-8-6-4-7-9-14/h1,4,6-9,11-12H,3,5,10H2. The summed E-state index contributed by atoms with van der Waals surface area (Å²) in [5.74, 6) is 2.62. The highest BCUT2D eigenvalue weighted by molar-refractivity contribution is 5.95. The first kappa shape index (κ1) is 12.1. The van der Waals surface area contributed by atoms with Crippen LogP contribution in [0.2, 0.25) is 0 Å².